The van der Waals surface area contributed by atoms with Crippen LogP contribution in [0.4, 0.5) is 0 Å². The van der Waals surface area contributed by atoms with Crippen molar-refractivity contribution in [1.29, 1.82) is 0 Å². The molecule has 8 heteroatoms. The molecule has 0 aliphatic carbocycles. The zero-order chi connectivity index (χ0) is 19.8. The normalized spacial score (nSPS) is 18.9. The quantitative estimate of drug-likeness (QED) is 0.465. The van der Waals surface area contributed by atoms with E-state index in [4.69, 9.17) is 5.73 Å². The van der Waals surface area contributed by atoms with E-state index in [9.17, 15) is 24.6 Å². The number of amides is 1. The van der Waals surface area contributed by atoms with Crippen molar-refractivity contribution in [2.75, 3.05) is 13.1 Å². The summed E-state index contributed by atoms with van der Waals surface area (Å²) in [6, 6.07) is 6.57. The fraction of sp³-hybridized carbons (Fsp3) is 0.526. The maximum absolute atomic E-state index is 12.9. The van der Waals surface area contributed by atoms with Crippen molar-refractivity contribution in [1.82, 2.24) is 10.2 Å². The van der Waals surface area contributed by atoms with Crippen LogP contribution in [0.1, 0.15) is 31.2 Å². The number of carbonyl (C=O) groups excluding carboxylic acids is 1. The molecule has 0 spiro atoms. The molecule has 8 nitrogen and oxygen atoms in total. The van der Waals surface area contributed by atoms with Gasteiger partial charge in [-0.2, -0.15) is 0 Å². The minimum atomic E-state index is -1.05. The Bertz CT molecular complexity index is 652. The summed E-state index contributed by atoms with van der Waals surface area (Å²) >= 11 is 0. The van der Waals surface area contributed by atoms with E-state index in [0.29, 0.717) is 38.8 Å². The van der Waals surface area contributed by atoms with Crippen LogP contribution in [0.5, 0.6) is 0 Å². The van der Waals surface area contributed by atoms with Gasteiger partial charge in [0.25, 0.3) is 0 Å². The van der Waals surface area contributed by atoms with Gasteiger partial charge in [0.2, 0.25) is 5.91 Å². The van der Waals surface area contributed by atoms with Crippen LogP contribution in [0.25, 0.3) is 0 Å². The Morgan fingerprint density at radius 1 is 1.19 bits per heavy atom. The molecule has 1 saturated heterocycles. The third-order valence-corrected chi connectivity index (χ3v) is 4.80. The van der Waals surface area contributed by atoms with Crippen LogP contribution in [0.2, 0.25) is 0 Å². The zero-order valence-corrected chi connectivity index (χ0v) is 15.2. The van der Waals surface area contributed by atoms with Crippen molar-refractivity contribution >= 4 is 17.8 Å². The van der Waals surface area contributed by atoms with Crippen molar-refractivity contribution in [3.05, 3.63) is 35.9 Å². The second-order valence-corrected chi connectivity index (χ2v) is 6.76. The summed E-state index contributed by atoms with van der Waals surface area (Å²) in [5, 5.41) is 21.9. The van der Waals surface area contributed by atoms with Crippen LogP contribution in [-0.2, 0) is 20.8 Å². The number of carbonyl (C=O) groups is 3. The summed E-state index contributed by atoms with van der Waals surface area (Å²) in [6.07, 6.45) is 2.16. The van der Waals surface area contributed by atoms with Gasteiger partial charge in [-0.05, 0) is 44.2 Å². The zero-order valence-electron chi connectivity index (χ0n) is 15.2. The van der Waals surface area contributed by atoms with E-state index in [0.717, 1.165) is 5.56 Å². The lowest BCUT2D eigenvalue weighted by Gasteiger charge is -2.29. The Labute approximate surface area is 158 Å². The number of hydrogen-bond acceptors (Lipinski definition) is 5. The molecular formula is C19H27N3O5. The van der Waals surface area contributed by atoms with Crippen LogP contribution in [0.3, 0.4) is 0 Å². The molecule has 1 fully saturated rings. The molecule has 1 aromatic carbocycles. The van der Waals surface area contributed by atoms with E-state index in [1.807, 2.05) is 30.3 Å². The summed E-state index contributed by atoms with van der Waals surface area (Å²) in [5.74, 6) is -2.45. The highest BCUT2D eigenvalue weighted by molar-refractivity contribution is 5.88. The molecule has 0 aromatic heterocycles. The van der Waals surface area contributed by atoms with E-state index in [-0.39, 0.29) is 12.3 Å². The third-order valence-electron chi connectivity index (χ3n) is 4.80. The first-order chi connectivity index (χ1) is 12.9. The number of carboxylic acid groups (broad SMARTS) is 2. The third kappa shape index (κ3) is 5.77. The second kappa shape index (κ2) is 10.0. The number of nitrogens with zero attached hydrogens (tertiary/aromatic N) is 1. The summed E-state index contributed by atoms with van der Waals surface area (Å²) in [7, 11) is 0. The average Bonchev–Trinajstić information content (AvgIpc) is 3.14. The number of nitrogens with one attached hydrogen (secondary N) is 1. The monoisotopic (exact) mass is 377 g/mol. The number of hydrogen-bond donors (Lipinski definition) is 4. The van der Waals surface area contributed by atoms with E-state index in [1.54, 1.807) is 0 Å². The van der Waals surface area contributed by atoms with Gasteiger partial charge in [0.1, 0.15) is 12.1 Å². The molecule has 1 heterocycles. The summed E-state index contributed by atoms with van der Waals surface area (Å²) < 4.78 is 0. The van der Waals surface area contributed by atoms with Crippen molar-refractivity contribution in [2.45, 2.75) is 50.2 Å². The smallest absolute Gasteiger partial charge is 0.326 e. The number of carboxylic acids is 2. The van der Waals surface area contributed by atoms with E-state index >= 15 is 0 Å². The first-order valence-electron chi connectivity index (χ1n) is 9.20. The highest BCUT2D eigenvalue weighted by Gasteiger charge is 2.38. The molecule has 1 aliphatic rings. The lowest BCUT2D eigenvalue weighted by atomic mass is 10.0. The number of aliphatic carboxylic acids is 2. The predicted octanol–water partition coefficient (Wildman–Crippen LogP) is 0.455. The maximum atomic E-state index is 12.9. The number of rotatable bonds is 10. The molecule has 5 N–H and O–H groups in total. The first-order valence-corrected chi connectivity index (χ1v) is 9.20. The van der Waals surface area contributed by atoms with Gasteiger partial charge in [0.15, 0.2) is 0 Å². The molecule has 27 heavy (non-hydrogen) atoms. The Morgan fingerprint density at radius 3 is 2.48 bits per heavy atom. The van der Waals surface area contributed by atoms with Crippen molar-refractivity contribution in [2.24, 2.45) is 5.73 Å². The molecule has 1 aromatic rings. The Balaban J connectivity index is 2.14. The number of nitrogens with two attached hydrogens (primary N) is 1. The summed E-state index contributed by atoms with van der Waals surface area (Å²) in [6.45, 7) is 0.733. The molecule has 3 atom stereocenters. The van der Waals surface area contributed by atoms with Gasteiger partial charge in [-0.1, -0.05) is 30.3 Å². The van der Waals surface area contributed by atoms with Gasteiger partial charge in [0, 0.05) is 6.54 Å². The number of likely N-dealkylation sites (tertiary alicyclic amines) is 1. The minimum absolute atomic E-state index is 0.227. The van der Waals surface area contributed by atoms with Gasteiger partial charge in [0.05, 0.1) is 6.04 Å². The van der Waals surface area contributed by atoms with Crippen molar-refractivity contribution < 1.29 is 24.6 Å². The second-order valence-electron chi connectivity index (χ2n) is 6.76. The summed E-state index contributed by atoms with van der Waals surface area (Å²) in [4.78, 5) is 37.4. The van der Waals surface area contributed by atoms with Gasteiger partial charge in [-0.15, -0.1) is 0 Å². The van der Waals surface area contributed by atoms with Gasteiger partial charge in [-0.25, -0.2) is 4.79 Å². The van der Waals surface area contributed by atoms with Crippen LogP contribution >= 0.6 is 0 Å². The minimum Gasteiger partial charge on any atom is -0.480 e. The van der Waals surface area contributed by atoms with E-state index < -0.39 is 30.1 Å². The van der Waals surface area contributed by atoms with E-state index in [2.05, 4.69) is 5.32 Å². The fourth-order valence-corrected chi connectivity index (χ4v) is 3.40. The molecule has 2 rings (SSSR count). The molecule has 0 bridgehead atoms. The standard InChI is InChI=1S/C19H27N3O5/c20-10-4-8-14(17(23)22-11-5-9-16(22)19(26)27)21-15(18(24)25)12-13-6-2-1-3-7-13/h1-3,6-7,14-16,21H,4-5,8-12,20H2,(H,24,25)(H,26,27)/t14-,15-,16-/m0/s1. The van der Waals surface area contributed by atoms with E-state index in [1.165, 1.54) is 4.90 Å². The molecule has 0 saturated carbocycles. The number of benzene rings is 1. The molecule has 0 unspecified atom stereocenters. The van der Waals surface area contributed by atoms with Crippen molar-refractivity contribution in [3.8, 4) is 0 Å². The molecule has 1 aliphatic heterocycles. The molecule has 148 valence electrons. The highest BCUT2D eigenvalue weighted by Crippen LogP contribution is 2.20. The Kier molecular flexibility index (Phi) is 7.75. The lowest BCUT2D eigenvalue weighted by Crippen LogP contribution is -2.54. The van der Waals surface area contributed by atoms with Gasteiger partial charge in [-0.3, -0.25) is 14.9 Å². The predicted molar refractivity (Wildman–Crippen MR) is 99.2 cm³/mol. The lowest BCUT2D eigenvalue weighted by molar-refractivity contribution is -0.149. The van der Waals surface area contributed by atoms with Crippen molar-refractivity contribution in [3.63, 3.8) is 0 Å². The Morgan fingerprint density at radius 2 is 1.89 bits per heavy atom. The topological polar surface area (TPSA) is 133 Å². The van der Waals surface area contributed by atoms with Gasteiger partial charge < -0.3 is 20.8 Å². The maximum Gasteiger partial charge on any atom is 0.326 e. The largest absolute Gasteiger partial charge is 0.480 e. The molecule has 0 radical (unpaired) electrons. The van der Waals surface area contributed by atoms with Crippen LogP contribution in [0.15, 0.2) is 30.3 Å². The fourth-order valence-electron chi connectivity index (χ4n) is 3.40. The summed E-state index contributed by atoms with van der Waals surface area (Å²) in [5.41, 5.74) is 6.40. The average molecular weight is 377 g/mol. The van der Waals surface area contributed by atoms with Gasteiger partial charge >= 0.3 is 11.9 Å². The van der Waals surface area contributed by atoms with Crippen LogP contribution in [-0.4, -0.2) is 64.2 Å². The van der Waals surface area contributed by atoms with Crippen LogP contribution < -0.4 is 11.1 Å². The molecular weight excluding hydrogens is 350 g/mol. The highest BCUT2D eigenvalue weighted by atomic mass is 16.4. The van der Waals surface area contributed by atoms with Crippen LogP contribution in [0, 0.1) is 0 Å². The Hall–Kier alpha value is -2.45. The first kappa shape index (κ1) is 20.9. The SMILES string of the molecule is NCCC[C@H](N[C@@H](Cc1ccccc1)C(=O)O)C(=O)N1CCC[C@H]1C(=O)O. The molecule has 1 amide bonds.